The van der Waals surface area contributed by atoms with Gasteiger partial charge in [0.15, 0.2) is 0 Å². The van der Waals surface area contributed by atoms with Crippen LogP contribution < -0.4 is 16.0 Å². The molecule has 0 saturated carbocycles. The normalized spacial score (nSPS) is 29.0. The van der Waals surface area contributed by atoms with E-state index in [1.165, 1.54) is 6.42 Å². The maximum absolute atomic E-state index is 12.5. The van der Waals surface area contributed by atoms with E-state index in [0.29, 0.717) is 25.9 Å². The molecule has 7 nitrogen and oxygen atoms in total. The fourth-order valence-corrected chi connectivity index (χ4v) is 3.45. The second kappa shape index (κ2) is 5.63. The number of urea groups is 1. The molecule has 3 rings (SSSR count). The zero-order valence-corrected chi connectivity index (χ0v) is 12.1. The molecule has 0 radical (unpaired) electrons. The van der Waals surface area contributed by atoms with Crippen molar-refractivity contribution in [3.8, 4) is 0 Å². The van der Waals surface area contributed by atoms with Gasteiger partial charge in [-0.15, -0.1) is 0 Å². The molecule has 1 spiro atoms. The van der Waals surface area contributed by atoms with E-state index >= 15 is 0 Å². The fraction of sp³-hybridized carbons (Fsp3) is 0.786. The van der Waals surface area contributed by atoms with E-state index < -0.39 is 11.6 Å². The number of amides is 4. The lowest BCUT2D eigenvalue weighted by molar-refractivity contribution is -0.137. The molecule has 1 unspecified atom stereocenters. The molecule has 21 heavy (non-hydrogen) atoms. The summed E-state index contributed by atoms with van der Waals surface area (Å²) in [5, 5.41) is 8.32. The highest BCUT2D eigenvalue weighted by Crippen LogP contribution is 2.26. The Morgan fingerprint density at radius 2 is 1.90 bits per heavy atom. The van der Waals surface area contributed by atoms with Crippen LogP contribution in [0.25, 0.3) is 0 Å². The minimum Gasteiger partial charge on any atom is -0.341 e. The molecule has 0 aromatic rings. The third-order valence-electron chi connectivity index (χ3n) is 4.80. The summed E-state index contributed by atoms with van der Waals surface area (Å²) in [5.41, 5.74) is -0.801. The number of nitrogens with one attached hydrogen (secondary N) is 3. The maximum Gasteiger partial charge on any atom is 0.322 e. The van der Waals surface area contributed by atoms with Crippen molar-refractivity contribution in [1.29, 1.82) is 0 Å². The molecule has 3 heterocycles. The molecule has 3 saturated heterocycles. The van der Waals surface area contributed by atoms with E-state index in [9.17, 15) is 14.4 Å². The Morgan fingerprint density at radius 3 is 2.57 bits per heavy atom. The third kappa shape index (κ3) is 2.74. The molecular formula is C14H22N4O3. The number of carbonyl (C=O) groups is 3. The first-order valence-corrected chi connectivity index (χ1v) is 7.76. The van der Waals surface area contributed by atoms with Gasteiger partial charge in [-0.2, -0.15) is 0 Å². The molecule has 3 aliphatic heterocycles. The molecule has 3 aliphatic rings. The quantitative estimate of drug-likeness (QED) is 0.580. The van der Waals surface area contributed by atoms with Gasteiger partial charge in [0.25, 0.3) is 5.91 Å². The summed E-state index contributed by atoms with van der Waals surface area (Å²) in [4.78, 5) is 37.5. The molecule has 3 fully saturated rings. The summed E-state index contributed by atoms with van der Waals surface area (Å²) in [6.07, 6.45) is 5.24. The number of nitrogens with zero attached hydrogens (tertiary/aromatic N) is 1. The van der Waals surface area contributed by atoms with E-state index in [2.05, 4.69) is 16.0 Å². The van der Waals surface area contributed by atoms with Crippen molar-refractivity contribution in [3.63, 3.8) is 0 Å². The van der Waals surface area contributed by atoms with Gasteiger partial charge in [0.05, 0.1) is 6.04 Å². The standard InChI is InChI=1S/C14H22N4O3/c19-11(10-4-2-1-3-7-15-10)18-8-5-14(6-9-18)12(20)16-13(21)17-14/h10,15H,1-9H2,(H2,16,17,20,21). The predicted molar refractivity (Wildman–Crippen MR) is 75.5 cm³/mol. The lowest BCUT2D eigenvalue weighted by Gasteiger charge is -2.38. The van der Waals surface area contributed by atoms with Crippen molar-refractivity contribution in [2.75, 3.05) is 19.6 Å². The molecule has 0 aromatic heterocycles. The van der Waals surface area contributed by atoms with Crippen LogP contribution in [0, 0.1) is 0 Å². The Kier molecular flexibility index (Phi) is 3.84. The third-order valence-corrected chi connectivity index (χ3v) is 4.80. The molecule has 1 atom stereocenters. The van der Waals surface area contributed by atoms with Gasteiger partial charge in [0.1, 0.15) is 5.54 Å². The summed E-state index contributed by atoms with van der Waals surface area (Å²) < 4.78 is 0. The van der Waals surface area contributed by atoms with Gasteiger partial charge in [-0.25, -0.2) is 4.79 Å². The van der Waals surface area contributed by atoms with Crippen LogP contribution in [0.5, 0.6) is 0 Å². The predicted octanol–water partition coefficient (Wildman–Crippen LogP) is -0.281. The zero-order chi connectivity index (χ0) is 14.9. The van der Waals surface area contributed by atoms with Crippen LogP contribution in [-0.2, 0) is 9.59 Å². The first-order valence-electron chi connectivity index (χ1n) is 7.76. The highest BCUT2D eigenvalue weighted by atomic mass is 16.2. The average Bonchev–Trinajstić information content (AvgIpc) is 2.68. The van der Waals surface area contributed by atoms with Gasteiger partial charge in [-0.05, 0) is 32.2 Å². The van der Waals surface area contributed by atoms with Crippen LogP contribution in [0.2, 0.25) is 0 Å². The van der Waals surface area contributed by atoms with Gasteiger partial charge < -0.3 is 15.5 Å². The lowest BCUT2D eigenvalue weighted by atomic mass is 9.87. The van der Waals surface area contributed by atoms with Gasteiger partial charge in [-0.1, -0.05) is 12.8 Å². The summed E-state index contributed by atoms with van der Waals surface area (Å²) >= 11 is 0. The first kappa shape index (κ1) is 14.3. The van der Waals surface area contributed by atoms with Crippen molar-refractivity contribution in [2.45, 2.75) is 50.1 Å². The Morgan fingerprint density at radius 1 is 1.14 bits per heavy atom. The number of hydrogen-bond donors (Lipinski definition) is 3. The molecule has 116 valence electrons. The number of carbonyl (C=O) groups excluding carboxylic acids is 3. The smallest absolute Gasteiger partial charge is 0.322 e. The largest absolute Gasteiger partial charge is 0.341 e. The SMILES string of the molecule is O=C1NC(=O)C2(CCN(C(=O)C3CCCCCN3)CC2)N1. The van der Waals surface area contributed by atoms with Crippen LogP contribution >= 0.6 is 0 Å². The van der Waals surface area contributed by atoms with E-state index in [0.717, 1.165) is 25.8 Å². The second-order valence-corrected chi connectivity index (χ2v) is 6.17. The molecule has 0 bridgehead atoms. The lowest BCUT2D eigenvalue weighted by Crippen LogP contribution is -2.58. The molecule has 0 aromatic carbocycles. The van der Waals surface area contributed by atoms with Crippen molar-refractivity contribution in [1.82, 2.24) is 20.9 Å². The summed E-state index contributed by atoms with van der Waals surface area (Å²) in [7, 11) is 0. The van der Waals surface area contributed by atoms with Crippen LogP contribution in [-0.4, -0.2) is 54.0 Å². The Balaban J connectivity index is 1.59. The number of piperidine rings is 1. The number of likely N-dealkylation sites (tertiary alicyclic amines) is 1. The van der Waals surface area contributed by atoms with Crippen molar-refractivity contribution < 1.29 is 14.4 Å². The minimum absolute atomic E-state index is 0.0893. The van der Waals surface area contributed by atoms with Crippen molar-refractivity contribution in [3.05, 3.63) is 0 Å². The highest BCUT2D eigenvalue weighted by Gasteiger charge is 2.48. The Bertz CT molecular complexity index is 449. The van der Waals surface area contributed by atoms with Gasteiger partial charge in [-0.3, -0.25) is 14.9 Å². The van der Waals surface area contributed by atoms with Crippen LogP contribution in [0.3, 0.4) is 0 Å². The van der Waals surface area contributed by atoms with Crippen molar-refractivity contribution >= 4 is 17.8 Å². The van der Waals surface area contributed by atoms with Crippen LogP contribution in [0.1, 0.15) is 38.5 Å². The van der Waals surface area contributed by atoms with Gasteiger partial charge >= 0.3 is 6.03 Å². The molecule has 3 N–H and O–H groups in total. The topological polar surface area (TPSA) is 90.5 Å². The van der Waals surface area contributed by atoms with Gasteiger partial charge in [0, 0.05) is 13.1 Å². The number of imide groups is 1. The molecular weight excluding hydrogens is 272 g/mol. The Hall–Kier alpha value is -1.63. The second-order valence-electron chi connectivity index (χ2n) is 6.17. The molecule has 0 aliphatic carbocycles. The van der Waals surface area contributed by atoms with Gasteiger partial charge in [0.2, 0.25) is 5.91 Å². The first-order chi connectivity index (χ1) is 10.1. The molecule has 7 heteroatoms. The monoisotopic (exact) mass is 294 g/mol. The Labute approximate surface area is 123 Å². The summed E-state index contributed by atoms with van der Waals surface area (Å²) in [5.74, 6) is -0.122. The van der Waals surface area contributed by atoms with Crippen molar-refractivity contribution in [2.24, 2.45) is 0 Å². The minimum atomic E-state index is -0.801. The number of hydrogen-bond acceptors (Lipinski definition) is 4. The summed E-state index contributed by atoms with van der Waals surface area (Å²) in [6, 6.07) is -0.515. The van der Waals surface area contributed by atoms with E-state index in [4.69, 9.17) is 0 Å². The molecule has 4 amide bonds. The van der Waals surface area contributed by atoms with E-state index in [1.54, 1.807) is 0 Å². The van der Waals surface area contributed by atoms with Crippen LogP contribution in [0.4, 0.5) is 4.79 Å². The van der Waals surface area contributed by atoms with Crippen LogP contribution in [0.15, 0.2) is 0 Å². The van der Waals surface area contributed by atoms with E-state index in [1.807, 2.05) is 4.90 Å². The number of rotatable bonds is 1. The zero-order valence-electron chi connectivity index (χ0n) is 12.1. The average molecular weight is 294 g/mol. The highest BCUT2D eigenvalue weighted by molar-refractivity contribution is 6.07. The fourth-order valence-electron chi connectivity index (χ4n) is 3.45. The summed E-state index contributed by atoms with van der Waals surface area (Å²) in [6.45, 7) is 1.93. The maximum atomic E-state index is 12.5. The van der Waals surface area contributed by atoms with E-state index in [-0.39, 0.29) is 17.9 Å².